The van der Waals surface area contributed by atoms with Gasteiger partial charge in [0.1, 0.15) is 5.69 Å². The minimum Gasteiger partial charge on any atom is -0.368 e. The largest absolute Gasteiger partial charge is 0.368 e. The maximum absolute atomic E-state index is 12.8. The van der Waals surface area contributed by atoms with Gasteiger partial charge in [0.2, 0.25) is 5.91 Å². The first-order chi connectivity index (χ1) is 10.0. The SMILES string of the molecule is CCn1cc(Br)cc1C(=O)N(CC(N)=O)C1CCNCC1. The van der Waals surface area contributed by atoms with Crippen molar-refractivity contribution >= 4 is 27.7 Å². The molecular formula is C14H21BrN4O2. The lowest BCUT2D eigenvalue weighted by Crippen LogP contribution is -2.49. The number of hydrogen-bond donors (Lipinski definition) is 2. The summed E-state index contributed by atoms with van der Waals surface area (Å²) in [6.07, 6.45) is 3.55. The second-order valence-electron chi connectivity index (χ2n) is 5.21. The van der Waals surface area contributed by atoms with Gasteiger partial charge >= 0.3 is 0 Å². The van der Waals surface area contributed by atoms with E-state index in [1.165, 1.54) is 0 Å². The highest BCUT2D eigenvalue weighted by Crippen LogP contribution is 2.20. The zero-order valence-electron chi connectivity index (χ0n) is 12.1. The highest BCUT2D eigenvalue weighted by atomic mass is 79.9. The van der Waals surface area contributed by atoms with E-state index in [-0.39, 0.29) is 18.5 Å². The third-order valence-corrected chi connectivity index (χ3v) is 4.19. The molecule has 7 heteroatoms. The Morgan fingerprint density at radius 1 is 1.48 bits per heavy atom. The molecule has 0 atom stereocenters. The Kier molecular flexibility index (Phi) is 5.41. The average molecular weight is 357 g/mol. The molecule has 0 aliphatic carbocycles. The van der Waals surface area contributed by atoms with Crippen LogP contribution in [-0.4, -0.2) is 47.0 Å². The van der Waals surface area contributed by atoms with Crippen molar-refractivity contribution < 1.29 is 9.59 Å². The fourth-order valence-electron chi connectivity index (χ4n) is 2.72. The Balaban J connectivity index is 2.26. The average Bonchev–Trinajstić information content (AvgIpc) is 2.86. The van der Waals surface area contributed by atoms with Crippen molar-refractivity contribution in [1.82, 2.24) is 14.8 Å². The number of nitrogens with two attached hydrogens (primary N) is 1. The van der Waals surface area contributed by atoms with Gasteiger partial charge in [-0.1, -0.05) is 0 Å². The summed E-state index contributed by atoms with van der Waals surface area (Å²) in [5.41, 5.74) is 5.91. The summed E-state index contributed by atoms with van der Waals surface area (Å²) < 4.78 is 2.73. The third kappa shape index (κ3) is 3.85. The second-order valence-corrected chi connectivity index (χ2v) is 6.13. The number of piperidine rings is 1. The van der Waals surface area contributed by atoms with Crippen LogP contribution in [0.15, 0.2) is 16.7 Å². The molecule has 1 aliphatic rings. The summed E-state index contributed by atoms with van der Waals surface area (Å²) in [6, 6.07) is 1.85. The van der Waals surface area contributed by atoms with E-state index in [0.29, 0.717) is 12.2 Å². The lowest BCUT2D eigenvalue weighted by Gasteiger charge is -2.34. The molecule has 0 unspecified atom stereocenters. The highest BCUT2D eigenvalue weighted by Gasteiger charge is 2.29. The van der Waals surface area contributed by atoms with Crippen LogP contribution >= 0.6 is 15.9 Å². The van der Waals surface area contributed by atoms with E-state index in [1.54, 1.807) is 11.0 Å². The Hall–Kier alpha value is -1.34. The molecule has 1 aromatic heterocycles. The van der Waals surface area contributed by atoms with Gasteiger partial charge in [0, 0.05) is 23.3 Å². The van der Waals surface area contributed by atoms with E-state index < -0.39 is 5.91 Å². The van der Waals surface area contributed by atoms with Crippen molar-refractivity contribution in [1.29, 1.82) is 0 Å². The van der Waals surface area contributed by atoms with Crippen molar-refractivity contribution in [3.8, 4) is 0 Å². The van der Waals surface area contributed by atoms with Crippen molar-refractivity contribution in [2.24, 2.45) is 5.73 Å². The second kappa shape index (κ2) is 7.09. The molecule has 1 aromatic rings. The predicted molar refractivity (Wildman–Crippen MR) is 83.9 cm³/mol. The van der Waals surface area contributed by atoms with E-state index in [0.717, 1.165) is 30.4 Å². The van der Waals surface area contributed by atoms with Crippen molar-refractivity contribution in [3.63, 3.8) is 0 Å². The van der Waals surface area contributed by atoms with Gasteiger partial charge in [0.05, 0.1) is 6.54 Å². The number of aromatic nitrogens is 1. The Morgan fingerprint density at radius 2 is 2.14 bits per heavy atom. The van der Waals surface area contributed by atoms with Crippen LogP contribution in [0, 0.1) is 0 Å². The van der Waals surface area contributed by atoms with Gasteiger partial charge < -0.3 is 20.5 Å². The number of carbonyl (C=O) groups excluding carboxylic acids is 2. The standard InChI is InChI=1S/C14H21BrN4O2/c1-2-18-8-10(15)7-12(18)14(21)19(9-13(16)20)11-3-5-17-6-4-11/h7-8,11,17H,2-6,9H2,1H3,(H2,16,20). The molecule has 6 nitrogen and oxygen atoms in total. The van der Waals surface area contributed by atoms with E-state index in [4.69, 9.17) is 5.73 Å². The summed E-state index contributed by atoms with van der Waals surface area (Å²) in [4.78, 5) is 25.8. The summed E-state index contributed by atoms with van der Waals surface area (Å²) in [5, 5.41) is 3.26. The molecule has 1 aliphatic heterocycles. The maximum atomic E-state index is 12.8. The molecule has 0 bridgehead atoms. The van der Waals surface area contributed by atoms with Crippen LogP contribution in [0.1, 0.15) is 30.3 Å². The molecule has 1 saturated heterocycles. The summed E-state index contributed by atoms with van der Waals surface area (Å²) in [6.45, 7) is 4.35. The molecule has 3 N–H and O–H groups in total. The normalized spacial score (nSPS) is 15.9. The number of primary amides is 1. The third-order valence-electron chi connectivity index (χ3n) is 3.76. The summed E-state index contributed by atoms with van der Waals surface area (Å²) in [7, 11) is 0. The van der Waals surface area contributed by atoms with Gasteiger partial charge in [0.15, 0.2) is 0 Å². The molecule has 2 amide bonds. The smallest absolute Gasteiger partial charge is 0.271 e. The fraction of sp³-hybridized carbons (Fsp3) is 0.571. The van der Waals surface area contributed by atoms with E-state index >= 15 is 0 Å². The zero-order chi connectivity index (χ0) is 15.4. The number of rotatable bonds is 5. The minimum atomic E-state index is -0.476. The van der Waals surface area contributed by atoms with Crippen LogP contribution in [0.5, 0.6) is 0 Å². The van der Waals surface area contributed by atoms with Crippen LogP contribution in [-0.2, 0) is 11.3 Å². The van der Waals surface area contributed by atoms with Gasteiger partial charge in [-0.05, 0) is 54.9 Å². The molecule has 116 valence electrons. The minimum absolute atomic E-state index is 0.0317. The van der Waals surface area contributed by atoms with Crippen LogP contribution in [0.2, 0.25) is 0 Å². The van der Waals surface area contributed by atoms with Crippen LogP contribution < -0.4 is 11.1 Å². The number of hydrogen-bond acceptors (Lipinski definition) is 3. The van der Waals surface area contributed by atoms with Gasteiger partial charge in [-0.2, -0.15) is 0 Å². The quantitative estimate of drug-likeness (QED) is 0.824. The topological polar surface area (TPSA) is 80.4 Å². The van der Waals surface area contributed by atoms with Crippen molar-refractivity contribution in [2.45, 2.75) is 32.4 Å². The lowest BCUT2D eigenvalue weighted by atomic mass is 10.0. The van der Waals surface area contributed by atoms with Gasteiger partial charge in [-0.15, -0.1) is 0 Å². The van der Waals surface area contributed by atoms with Crippen molar-refractivity contribution in [2.75, 3.05) is 19.6 Å². The first-order valence-electron chi connectivity index (χ1n) is 7.18. The van der Waals surface area contributed by atoms with E-state index in [2.05, 4.69) is 21.2 Å². The number of aryl methyl sites for hydroxylation is 1. The number of carbonyl (C=O) groups is 2. The molecule has 2 rings (SSSR count). The number of nitrogens with zero attached hydrogens (tertiary/aromatic N) is 2. The van der Waals surface area contributed by atoms with E-state index in [1.807, 2.05) is 17.7 Å². The Morgan fingerprint density at radius 3 is 2.71 bits per heavy atom. The highest BCUT2D eigenvalue weighted by molar-refractivity contribution is 9.10. The fourth-order valence-corrected chi connectivity index (χ4v) is 3.18. The molecule has 0 aromatic carbocycles. The van der Waals surface area contributed by atoms with Gasteiger partial charge in [-0.3, -0.25) is 9.59 Å². The molecule has 0 radical (unpaired) electrons. The number of amides is 2. The summed E-state index contributed by atoms with van der Waals surface area (Å²) in [5.74, 6) is -0.608. The lowest BCUT2D eigenvalue weighted by molar-refractivity contribution is -0.119. The Bertz CT molecular complexity index is 523. The molecule has 0 saturated carbocycles. The van der Waals surface area contributed by atoms with Crippen LogP contribution in [0.25, 0.3) is 0 Å². The van der Waals surface area contributed by atoms with Gasteiger partial charge in [0.25, 0.3) is 5.91 Å². The molecular weight excluding hydrogens is 336 g/mol. The van der Waals surface area contributed by atoms with Crippen LogP contribution in [0.3, 0.4) is 0 Å². The zero-order valence-corrected chi connectivity index (χ0v) is 13.7. The van der Waals surface area contributed by atoms with Crippen molar-refractivity contribution in [3.05, 3.63) is 22.4 Å². The predicted octanol–water partition coefficient (Wildman–Crippen LogP) is 0.950. The first kappa shape index (κ1) is 16.0. The molecule has 1 fully saturated rings. The number of nitrogens with one attached hydrogen (secondary N) is 1. The molecule has 21 heavy (non-hydrogen) atoms. The Labute approximate surface area is 132 Å². The molecule has 2 heterocycles. The summed E-state index contributed by atoms with van der Waals surface area (Å²) >= 11 is 3.39. The first-order valence-corrected chi connectivity index (χ1v) is 7.98. The van der Waals surface area contributed by atoms with Crippen LogP contribution in [0.4, 0.5) is 0 Å². The van der Waals surface area contributed by atoms with Gasteiger partial charge in [-0.25, -0.2) is 0 Å². The monoisotopic (exact) mass is 356 g/mol. The maximum Gasteiger partial charge on any atom is 0.271 e. The van der Waals surface area contributed by atoms with E-state index in [9.17, 15) is 9.59 Å². The molecule has 0 spiro atoms. The number of halogens is 1.